The third-order valence-corrected chi connectivity index (χ3v) is 5.46. The Labute approximate surface area is 107 Å². The predicted molar refractivity (Wildman–Crippen MR) is 63.9 cm³/mol. The van der Waals surface area contributed by atoms with Crippen LogP contribution in [-0.4, -0.2) is 46.3 Å². The van der Waals surface area contributed by atoms with Crippen molar-refractivity contribution in [2.24, 2.45) is 17.8 Å². The molecule has 0 aromatic heterocycles. The molecule has 0 bridgehead atoms. The molecule has 18 heavy (non-hydrogen) atoms. The molecule has 2 saturated heterocycles. The SMILES string of the molecule is C=C1C(O)C2OC2C23OC2CC(C(C)C)C(O)C13. The van der Waals surface area contributed by atoms with E-state index in [-0.39, 0.29) is 35.7 Å². The lowest BCUT2D eigenvalue weighted by Gasteiger charge is -2.42. The highest BCUT2D eigenvalue weighted by atomic mass is 16.7. The molecule has 8 atom stereocenters. The van der Waals surface area contributed by atoms with Crippen molar-refractivity contribution >= 4 is 0 Å². The quantitative estimate of drug-likeness (QED) is 0.526. The van der Waals surface area contributed by atoms with Gasteiger partial charge in [0.15, 0.2) is 0 Å². The number of ether oxygens (including phenoxy) is 2. The van der Waals surface area contributed by atoms with Crippen molar-refractivity contribution in [3.05, 3.63) is 12.2 Å². The average Bonchev–Trinajstić information content (AvgIpc) is 3.17. The summed E-state index contributed by atoms with van der Waals surface area (Å²) in [5, 5.41) is 20.8. The van der Waals surface area contributed by atoms with Crippen LogP contribution in [0.1, 0.15) is 20.3 Å². The fraction of sp³-hybridized carbons (Fsp3) is 0.857. The van der Waals surface area contributed by atoms with Crippen molar-refractivity contribution in [3.8, 4) is 0 Å². The molecule has 4 fully saturated rings. The van der Waals surface area contributed by atoms with E-state index in [4.69, 9.17) is 9.47 Å². The first-order valence-electron chi connectivity index (χ1n) is 6.86. The van der Waals surface area contributed by atoms with Crippen LogP contribution in [0.15, 0.2) is 12.2 Å². The standard InChI is InChI=1S/C14H20O4/c1-5(2)7-4-8-14(18-8)9(11(7)16)6(3)10(15)12-13(14)17-12/h5,7-13,15-16H,3-4H2,1-2H3. The highest BCUT2D eigenvalue weighted by Crippen LogP contribution is 2.66. The van der Waals surface area contributed by atoms with Crippen molar-refractivity contribution < 1.29 is 19.7 Å². The number of fused-ring (bicyclic) bond motifs is 1. The van der Waals surface area contributed by atoms with Crippen molar-refractivity contribution in [3.63, 3.8) is 0 Å². The third kappa shape index (κ3) is 1.11. The van der Waals surface area contributed by atoms with Gasteiger partial charge < -0.3 is 19.7 Å². The van der Waals surface area contributed by atoms with Crippen molar-refractivity contribution in [1.29, 1.82) is 0 Å². The average molecular weight is 252 g/mol. The first-order chi connectivity index (χ1) is 8.48. The minimum absolute atomic E-state index is 0.0317. The third-order valence-electron chi connectivity index (χ3n) is 5.46. The normalized spacial score (nSPS) is 60.9. The maximum absolute atomic E-state index is 10.6. The molecule has 4 heteroatoms. The summed E-state index contributed by atoms with van der Waals surface area (Å²) in [6.45, 7) is 8.26. The van der Waals surface area contributed by atoms with Crippen LogP contribution in [0.4, 0.5) is 0 Å². The Balaban J connectivity index is 1.72. The summed E-state index contributed by atoms with van der Waals surface area (Å²) in [7, 11) is 0. The van der Waals surface area contributed by atoms with Gasteiger partial charge in [-0.3, -0.25) is 0 Å². The maximum atomic E-state index is 10.6. The van der Waals surface area contributed by atoms with Gasteiger partial charge in [-0.05, 0) is 23.8 Å². The van der Waals surface area contributed by atoms with Crippen LogP contribution in [0.5, 0.6) is 0 Å². The summed E-state index contributed by atoms with van der Waals surface area (Å²) >= 11 is 0. The molecule has 0 aromatic carbocycles. The highest BCUT2D eigenvalue weighted by Gasteiger charge is 2.81. The Hall–Kier alpha value is -0.420. The summed E-state index contributed by atoms with van der Waals surface area (Å²) in [6.07, 6.45) is -0.229. The minimum atomic E-state index is -0.643. The summed E-state index contributed by atoms with van der Waals surface area (Å²) < 4.78 is 11.5. The van der Waals surface area contributed by atoms with E-state index in [1.165, 1.54) is 0 Å². The van der Waals surface area contributed by atoms with Crippen LogP contribution < -0.4 is 0 Å². The van der Waals surface area contributed by atoms with Crippen molar-refractivity contribution in [2.75, 3.05) is 0 Å². The van der Waals surface area contributed by atoms with Crippen molar-refractivity contribution in [1.82, 2.24) is 0 Å². The summed E-state index contributed by atoms with van der Waals surface area (Å²) in [5.74, 6) is 0.460. The molecule has 2 heterocycles. The lowest BCUT2D eigenvalue weighted by atomic mass is 9.61. The second-order valence-electron chi connectivity index (χ2n) is 6.61. The molecule has 2 saturated carbocycles. The number of epoxide rings is 2. The van der Waals surface area contributed by atoms with E-state index in [1.807, 2.05) is 0 Å². The molecule has 100 valence electrons. The summed E-state index contributed by atoms with van der Waals surface area (Å²) in [6, 6.07) is 0. The van der Waals surface area contributed by atoms with Crippen LogP contribution >= 0.6 is 0 Å². The van der Waals surface area contributed by atoms with Gasteiger partial charge in [-0.1, -0.05) is 20.4 Å². The van der Waals surface area contributed by atoms with Gasteiger partial charge in [-0.25, -0.2) is 0 Å². The zero-order valence-electron chi connectivity index (χ0n) is 10.7. The van der Waals surface area contributed by atoms with E-state index < -0.39 is 12.2 Å². The van der Waals surface area contributed by atoms with E-state index in [0.717, 1.165) is 6.42 Å². The Bertz CT molecular complexity index is 420. The molecule has 2 aliphatic carbocycles. The summed E-state index contributed by atoms with van der Waals surface area (Å²) in [4.78, 5) is 0. The van der Waals surface area contributed by atoms with Crippen LogP contribution in [0.3, 0.4) is 0 Å². The number of rotatable bonds is 1. The molecule has 4 rings (SSSR count). The molecule has 4 nitrogen and oxygen atoms in total. The van der Waals surface area contributed by atoms with Gasteiger partial charge in [-0.2, -0.15) is 0 Å². The molecule has 8 unspecified atom stereocenters. The zero-order valence-corrected chi connectivity index (χ0v) is 10.7. The molecule has 1 spiro atoms. The molecule has 4 aliphatic rings. The topological polar surface area (TPSA) is 65.5 Å². The largest absolute Gasteiger partial charge is 0.392 e. The molecule has 0 radical (unpaired) electrons. The fourth-order valence-electron chi connectivity index (χ4n) is 4.34. The maximum Gasteiger partial charge on any atom is 0.132 e. The van der Waals surface area contributed by atoms with Gasteiger partial charge in [0, 0.05) is 5.92 Å². The van der Waals surface area contributed by atoms with Gasteiger partial charge in [0.2, 0.25) is 0 Å². The second-order valence-corrected chi connectivity index (χ2v) is 6.61. The van der Waals surface area contributed by atoms with E-state index in [0.29, 0.717) is 11.5 Å². The van der Waals surface area contributed by atoms with Gasteiger partial charge in [0.1, 0.15) is 23.9 Å². The minimum Gasteiger partial charge on any atom is -0.392 e. The van der Waals surface area contributed by atoms with Crippen molar-refractivity contribution in [2.45, 2.75) is 56.4 Å². The first-order valence-corrected chi connectivity index (χ1v) is 6.86. The van der Waals surface area contributed by atoms with Gasteiger partial charge in [0.25, 0.3) is 0 Å². The molecular formula is C14H20O4. The van der Waals surface area contributed by atoms with Gasteiger partial charge >= 0.3 is 0 Å². The fourth-order valence-corrected chi connectivity index (χ4v) is 4.34. The smallest absolute Gasteiger partial charge is 0.132 e. The van der Waals surface area contributed by atoms with Crippen LogP contribution in [-0.2, 0) is 9.47 Å². The number of aliphatic hydroxyl groups is 2. The predicted octanol–water partition coefficient (Wildman–Crippen LogP) is 0.475. The molecule has 2 N–H and O–H groups in total. The first kappa shape index (κ1) is 11.4. The number of aliphatic hydroxyl groups excluding tert-OH is 2. The van der Waals surface area contributed by atoms with Crippen LogP contribution in [0.2, 0.25) is 0 Å². The van der Waals surface area contributed by atoms with Crippen LogP contribution in [0.25, 0.3) is 0 Å². The Morgan fingerprint density at radius 2 is 2.11 bits per heavy atom. The molecule has 0 aromatic rings. The number of hydrogen-bond donors (Lipinski definition) is 2. The Kier molecular flexibility index (Phi) is 2.02. The lowest BCUT2D eigenvalue weighted by molar-refractivity contribution is -0.0192. The summed E-state index contributed by atoms with van der Waals surface area (Å²) in [5.41, 5.74) is 0.334. The molecule has 0 amide bonds. The Morgan fingerprint density at radius 1 is 1.39 bits per heavy atom. The van der Waals surface area contributed by atoms with E-state index >= 15 is 0 Å². The lowest BCUT2D eigenvalue weighted by Crippen LogP contribution is -2.55. The van der Waals surface area contributed by atoms with Crippen LogP contribution in [0, 0.1) is 17.8 Å². The number of hydrogen-bond acceptors (Lipinski definition) is 4. The Morgan fingerprint density at radius 3 is 2.78 bits per heavy atom. The monoisotopic (exact) mass is 252 g/mol. The molecule has 2 aliphatic heterocycles. The zero-order chi connectivity index (χ0) is 12.8. The van der Waals surface area contributed by atoms with Gasteiger partial charge in [-0.15, -0.1) is 0 Å². The van der Waals surface area contributed by atoms with Gasteiger partial charge in [0.05, 0.1) is 12.2 Å². The second kappa shape index (κ2) is 3.18. The molecular weight excluding hydrogens is 232 g/mol. The van der Waals surface area contributed by atoms with E-state index in [2.05, 4.69) is 20.4 Å². The van der Waals surface area contributed by atoms with E-state index in [9.17, 15) is 10.2 Å². The van der Waals surface area contributed by atoms with E-state index in [1.54, 1.807) is 0 Å². The highest BCUT2D eigenvalue weighted by molar-refractivity contribution is 5.37.